The van der Waals surface area contributed by atoms with Crippen molar-refractivity contribution in [3.63, 3.8) is 0 Å². The summed E-state index contributed by atoms with van der Waals surface area (Å²) in [6.45, 7) is 3.72. The predicted octanol–water partition coefficient (Wildman–Crippen LogP) is 5.16. The number of ether oxygens (including phenoxy) is 1. The molecule has 4 heteroatoms. The molecule has 0 saturated carbocycles. The minimum Gasteiger partial charge on any atom is -0.489 e. The molecule has 1 atom stereocenters. The normalized spacial score (nSPS) is 12.0. The van der Waals surface area contributed by atoms with Gasteiger partial charge in [-0.15, -0.1) is 0 Å². The van der Waals surface area contributed by atoms with Crippen molar-refractivity contribution >= 4 is 15.9 Å². The molecule has 0 aliphatic carbocycles. The zero-order valence-electron chi connectivity index (χ0n) is 15.4. The van der Waals surface area contributed by atoms with E-state index in [4.69, 9.17) is 4.74 Å². The highest BCUT2D eigenvalue weighted by molar-refractivity contribution is 9.10. The molecule has 0 spiro atoms. The predicted molar refractivity (Wildman–Crippen MR) is 113 cm³/mol. The summed E-state index contributed by atoms with van der Waals surface area (Å²) in [6, 6.07) is 23.9. The fraction of sp³-hybridized carbons (Fsp3) is 0.217. The number of aliphatic hydroxyl groups excluding tert-OH is 1. The lowest BCUT2D eigenvalue weighted by Gasteiger charge is -2.16. The van der Waals surface area contributed by atoms with Gasteiger partial charge in [0.15, 0.2) is 0 Å². The Morgan fingerprint density at radius 2 is 1.70 bits per heavy atom. The summed E-state index contributed by atoms with van der Waals surface area (Å²) >= 11 is 3.53. The minimum atomic E-state index is -0.533. The summed E-state index contributed by atoms with van der Waals surface area (Å²) in [6.07, 6.45) is -0.533. The van der Waals surface area contributed by atoms with Gasteiger partial charge in [0.2, 0.25) is 0 Å². The van der Waals surface area contributed by atoms with Crippen LogP contribution in [0.15, 0.2) is 77.3 Å². The van der Waals surface area contributed by atoms with Gasteiger partial charge in [-0.3, -0.25) is 0 Å². The van der Waals surface area contributed by atoms with E-state index < -0.39 is 6.10 Å². The second-order valence-electron chi connectivity index (χ2n) is 6.52. The van der Waals surface area contributed by atoms with E-state index in [0.29, 0.717) is 19.7 Å². The highest BCUT2D eigenvalue weighted by Crippen LogP contribution is 2.25. The Kier molecular flexibility index (Phi) is 7.04. The van der Waals surface area contributed by atoms with Gasteiger partial charge in [0.1, 0.15) is 12.4 Å². The van der Waals surface area contributed by atoms with Crippen molar-refractivity contribution in [2.24, 2.45) is 0 Å². The molecule has 3 rings (SSSR count). The molecule has 0 radical (unpaired) electrons. The molecule has 0 amide bonds. The molecule has 0 aliphatic heterocycles. The Morgan fingerprint density at radius 3 is 2.48 bits per heavy atom. The number of aryl methyl sites for hydroxylation is 1. The van der Waals surface area contributed by atoms with Gasteiger partial charge in [0.25, 0.3) is 0 Å². The van der Waals surface area contributed by atoms with Gasteiger partial charge in [-0.2, -0.15) is 0 Å². The fourth-order valence-electron chi connectivity index (χ4n) is 2.89. The van der Waals surface area contributed by atoms with Crippen LogP contribution in [0.25, 0.3) is 0 Å². The van der Waals surface area contributed by atoms with Crippen molar-refractivity contribution in [2.75, 3.05) is 6.54 Å². The van der Waals surface area contributed by atoms with Crippen LogP contribution in [0.5, 0.6) is 5.75 Å². The van der Waals surface area contributed by atoms with Crippen molar-refractivity contribution in [2.45, 2.75) is 26.2 Å². The Morgan fingerprint density at radius 1 is 0.963 bits per heavy atom. The topological polar surface area (TPSA) is 41.5 Å². The van der Waals surface area contributed by atoms with E-state index in [1.54, 1.807) is 0 Å². The van der Waals surface area contributed by atoms with Crippen molar-refractivity contribution in [3.05, 3.63) is 99.5 Å². The zero-order valence-corrected chi connectivity index (χ0v) is 16.9. The van der Waals surface area contributed by atoms with Crippen molar-refractivity contribution in [1.29, 1.82) is 0 Å². The molecular formula is C23H24BrNO2. The lowest BCUT2D eigenvalue weighted by atomic mass is 10.1. The summed E-state index contributed by atoms with van der Waals surface area (Å²) in [7, 11) is 0. The third kappa shape index (κ3) is 5.67. The maximum absolute atomic E-state index is 10.3. The first-order valence-corrected chi connectivity index (χ1v) is 9.82. The van der Waals surface area contributed by atoms with E-state index in [2.05, 4.69) is 46.4 Å². The average molecular weight is 426 g/mol. The first-order chi connectivity index (χ1) is 13.1. The fourth-order valence-corrected chi connectivity index (χ4v) is 3.30. The molecule has 140 valence electrons. The van der Waals surface area contributed by atoms with Gasteiger partial charge in [-0.25, -0.2) is 0 Å². The summed E-state index contributed by atoms with van der Waals surface area (Å²) in [5.74, 6) is 0.850. The summed E-state index contributed by atoms with van der Waals surface area (Å²) in [5, 5.41) is 13.6. The van der Waals surface area contributed by atoms with E-state index in [1.165, 1.54) is 11.1 Å². The molecule has 0 aromatic heterocycles. The van der Waals surface area contributed by atoms with Gasteiger partial charge >= 0.3 is 0 Å². The molecule has 0 heterocycles. The summed E-state index contributed by atoms with van der Waals surface area (Å²) in [5.41, 5.74) is 4.37. The van der Waals surface area contributed by atoms with Crippen LogP contribution in [0.3, 0.4) is 0 Å². The first-order valence-electron chi connectivity index (χ1n) is 9.03. The SMILES string of the molecule is Cc1ccccc1COc1ccc(Br)cc1CNC[C@@H](O)c1ccccc1. The molecule has 3 nitrogen and oxygen atoms in total. The van der Waals surface area contributed by atoms with E-state index in [0.717, 1.165) is 21.3 Å². The summed E-state index contributed by atoms with van der Waals surface area (Å²) in [4.78, 5) is 0. The van der Waals surface area contributed by atoms with Crippen LogP contribution in [0, 0.1) is 6.92 Å². The van der Waals surface area contributed by atoms with Crippen LogP contribution in [0.4, 0.5) is 0 Å². The van der Waals surface area contributed by atoms with Gasteiger partial charge in [0.05, 0.1) is 6.10 Å². The second-order valence-corrected chi connectivity index (χ2v) is 7.44. The van der Waals surface area contributed by atoms with Crippen molar-refractivity contribution in [1.82, 2.24) is 5.32 Å². The largest absolute Gasteiger partial charge is 0.489 e. The van der Waals surface area contributed by atoms with E-state index >= 15 is 0 Å². The smallest absolute Gasteiger partial charge is 0.124 e. The van der Waals surface area contributed by atoms with Crippen LogP contribution in [-0.2, 0) is 13.2 Å². The zero-order chi connectivity index (χ0) is 19.1. The highest BCUT2D eigenvalue weighted by Gasteiger charge is 2.09. The van der Waals surface area contributed by atoms with Gasteiger partial charge in [0, 0.05) is 23.1 Å². The quantitative estimate of drug-likeness (QED) is 0.523. The number of hydrogen-bond donors (Lipinski definition) is 2. The number of aliphatic hydroxyl groups is 1. The molecule has 27 heavy (non-hydrogen) atoms. The number of nitrogens with one attached hydrogen (secondary N) is 1. The number of rotatable bonds is 8. The highest BCUT2D eigenvalue weighted by atomic mass is 79.9. The third-order valence-corrected chi connectivity index (χ3v) is 5.00. The van der Waals surface area contributed by atoms with Crippen LogP contribution in [0.2, 0.25) is 0 Å². The number of benzene rings is 3. The second kappa shape index (κ2) is 9.70. The maximum atomic E-state index is 10.3. The average Bonchev–Trinajstić information content (AvgIpc) is 2.69. The Hall–Kier alpha value is -2.14. The van der Waals surface area contributed by atoms with E-state index in [1.807, 2.05) is 54.6 Å². The molecule has 0 unspecified atom stereocenters. The first kappa shape index (κ1) is 19.6. The Balaban J connectivity index is 1.61. The standard InChI is InChI=1S/C23H24BrNO2/c1-17-7-5-6-10-19(17)16-27-23-12-11-21(24)13-20(23)14-25-15-22(26)18-8-3-2-4-9-18/h2-13,22,25-26H,14-16H2,1H3/t22-/m1/s1. The lowest BCUT2D eigenvalue weighted by molar-refractivity contribution is 0.174. The summed E-state index contributed by atoms with van der Waals surface area (Å²) < 4.78 is 7.08. The molecule has 0 fully saturated rings. The molecule has 0 saturated heterocycles. The van der Waals surface area contributed by atoms with Gasteiger partial charge in [-0.05, 0) is 41.8 Å². The Labute approximate surface area is 169 Å². The monoisotopic (exact) mass is 425 g/mol. The molecule has 2 N–H and O–H groups in total. The number of hydrogen-bond acceptors (Lipinski definition) is 3. The molecule has 0 aliphatic rings. The minimum absolute atomic E-state index is 0.480. The third-order valence-electron chi connectivity index (χ3n) is 4.50. The molecule has 0 bridgehead atoms. The van der Waals surface area contributed by atoms with Gasteiger partial charge < -0.3 is 15.2 Å². The van der Waals surface area contributed by atoms with Crippen LogP contribution < -0.4 is 10.1 Å². The van der Waals surface area contributed by atoms with E-state index in [9.17, 15) is 5.11 Å². The van der Waals surface area contributed by atoms with E-state index in [-0.39, 0.29) is 0 Å². The Bertz CT molecular complexity index is 867. The molecule has 3 aromatic carbocycles. The van der Waals surface area contributed by atoms with Gasteiger partial charge in [-0.1, -0.05) is 70.5 Å². The number of halogens is 1. The molecular weight excluding hydrogens is 402 g/mol. The van der Waals surface area contributed by atoms with Crippen molar-refractivity contribution < 1.29 is 9.84 Å². The van der Waals surface area contributed by atoms with Crippen LogP contribution in [-0.4, -0.2) is 11.7 Å². The lowest BCUT2D eigenvalue weighted by Crippen LogP contribution is -2.21. The van der Waals surface area contributed by atoms with Crippen LogP contribution >= 0.6 is 15.9 Å². The van der Waals surface area contributed by atoms with Crippen molar-refractivity contribution in [3.8, 4) is 5.75 Å². The molecule has 3 aromatic rings. The van der Waals surface area contributed by atoms with Crippen LogP contribution in [0.1, 0.15) is 28.4 Å². The maximum Gasteiger partial charge on any atom is 0.124 e.